The van der Waals surface area contributed by atoms with Gasteiger partial charge < -0.3 is 0 Å². The van der Waals surface area contributed by atoms with E-state index < -0.39 is 0 Å². The molecule has 0 radical (unpaired) electrons. The predicted molar refractivity (Wildman–Crippen MR) is 63.2 cm³/mol. The van der Waals surface area contributed by atoms with Crippen LogP contribution >= 0.6 is 0 Å². The molecule has 0 bridgehead atoms. The molecule has 4 aromatic heterocycles. The normalized spacial score (nSPS) is 11.8. The lowest BCUT2D eigenvalue weighted by Crippen LogP contribution is -2.20. The van der Waals surface area contributed by atoms with Gasteiger partial charge in [-0.3, -0.25) is 14.5 Å². The summed E-state index contributed by atoms with van der Waals surface area (Å²) in [4.78, 5) is 20.5. The summed E-state index contributed by atoms with van der Waals surface area (Å²) in [5, 5.41) is 12.1. The molecule has 0 unspecified atom stereocenters. The molecule has 0 aliphatic rings. The molecule has 0 aromatic carbocycles. The van der Waals surface area contributed by atoms with E-state index >= 15 is 0 Å². The Balaban J connectivity index is 2.50. The number of pyridine rings is 1. The molecule has 0 spiro atoms. The van der Waals surface area contributed by atoms with E-state index in [2.05, 4.69) is 25.3 Å². The van der Waals surface area contributed by atoms with Gasteiger partial charge >= 0.3 is 0 Å². The molecule has 0 amide bonds. The standard InChI is InChI=1S/C10H7N7O/c1-16-9(18)6-2-11-8-5(3-13-15-8)7(6)17-10(16)12-4-14-17/h2-4H,1H3,(H,11,13,15). The van der Waals surface area contributed by atoms with Crippen molar-refractivity contribution in [1.29, 1.82) is 0 Å². The third-order valence-corrected chi connectivity index (χ3v) is 3.03. The summed E-state index contributed by atoms with van der Waals surface area (Å²) in [6.45, 7) is 0. The van der Waals surface area contributed by atoms with Gasteiger partial charge in [-0.15, -0.1) is 0 Å². The maximum atomic E-state index is 12.2. The fourth-order valence-electron chi connectivity index (χ4n) is 2.16. The van der Waals surface area contributed by atoms with E-state index in [0.717, 1.165) is 5.39 Å². The molecule has 4 rings (SSSR count). The first kappa shape index (κ1) is 9.28. The Labute approximate surface area is 98.9 Å². The molecule has 0 aliphatic carbocycles. The van der Waals surface area contributed by atoms with E-state index in [0.29, 0.717) is 22.3 Å². The second-order valence-electron chi connectivity index (χ2n) is 3.99. The van der Waals surface area contributed by atoms with Gasteiger partial charge in [0.15, 0.2) is 5.65 Å². The minimum Gasteiger partial charge on any atom is -0.279 e. The number of rotatable bonds is 0. The zero-order chi connectivity index (χ0) is 12.3. The van der Waals surface area contributed by atoms with Crippen LogP contribution in [0.25, 0.3) is 27.7 Å². The van der Waals surface area contributed by atoms with Crippen molar-refractivity contribution in [3.05, 3.63) is 29.1 Å². The van der Waals surface area contributed by atoms with E-state index in [4.69, 9.17) is 0 Å². The number of fused-ring (bicyclic) bond motifs is 5. The zero-order valence-electron chi connectivity index (χ0n) is 9.32. The summed E-state index contributed by atoms with van der Waals surface area (Å²) in [7, 11) is 1.66. The lowest BCUT2D eigenvalue weighted by Gasteiger charge is -2.04. The molecule has 0 saturated heterocycles. The van der Waals surface area contributed by atoms with Gasteiger partial charge in [0.25, 0.3) is 5.56 Å². The van der Waals surface area contributed by atoms with Crippen molar-refractivity contribution in [3.8, 4) is 0 Å². The first-order chi connectivity index (χ1) is 8.77. The molecule has 88 valence electrons. The number of aromatic amines is 1. The molecule has 18 heavy (non-hydrogen) atoms. The maximum Gasteiger partial charge on any atom is 0.264 e. The third-order valence-electron chi connectivity index (χ3n) is 3.03. The van der Waals surface area contributed by atoms with Crippen molar-refractivity contribution in [1.82, 2.24) is 34.3 Å². The summed E-state index contributed by atoms with van der Waals surface area (Å²) in [5.74, 6) is 0.487. The van der Waals surface area contributed by atoms with Crippen LogP contribution in [0.15, 0.2) is 23.5 Å². The quantitative estimate of drug-likeness (QED) is 0.462. The van der Waals surface area contributed by atoms with Gasteiger partial charge in [-0.25, -0.2) is 4.98 Å². The molecule has 4 aromatic rings. The summed E-state index contributed by atoms with van der Waals surface area (Å²) in [5.41, 5.74) is 1.14. The Morgan fingerprint density at radius 1 is 1.22 bits per heavy atom. The molecule has 8 heteroatoms. The van der Waals surface area contributed by atoms with Crippen LogP contribution in [0, 0.1) is 0 Å². The topological polar surface area (TPSA) is 93.8 Å². The molecule has 0 fully saturated rings. The Kier molecular flexibility index (Phi) is 1.50. The molecule has 8 nitrogen and oxygen atoms in total. The minimum atomic E-state index is -0.152. The largest absolute Gasteiger partial charge is 0.279 e. The number of hydrogen-bond acceptors (Lipinski definition) is 5. The Morgan fingerprint density at radius 2 is 2.11 bits per heavy atom. The van der Waals surface area contributed by atoms with E-state index in [-0.39, 0.29) is 5.56 Å². The number of aryl methyl sites for hydroxylation is 1. The SMILES string of the molecule is Cn1c(=O)c2cnc3[nH]ncc3c2n2ncnc12. The first-order valence-corrected chi connectivity index (χ1v) is 5.28. The van der Waals surface area contributed by atoms with Gasteiger partial charge in [0.05, 0.1) is 22.5 Å². The second-order valence-corrected chi connectivity index (χ2v) is 3.99. The summed E-state index contributed by atoms with van der Waals surface area (Å²) in [6.07, 6.45) is 4.57. The van der Waals surface area contributed by atoms with Gasteiger partial charge in [0.2, 0.25) is 5.78 Å². The minimum absolute atomic E-state index is 0.152. The highest BCUT2D eigenvalue weighted by atomic mass is 16.1. The van der Waals surface area contributed by atoms with Crippen LogP contribution in [0.3, 0.4) is 0 Å². The molecular formula is C10H7N7O. The Morgan fingerprint density at radius 3 is 3.00 bits per heavy atom. The monoisotopic (exact) mass is 241 g/mol. The molecule has 0 saturated carbocycles. The average molecular weight is 241 g/mol. The van der Waals surface area contributed by atoms with Gasteiger partial charge in [-0.1, -0.05) is 0 Å². The molecular weight excluding hydrogens is 234 g/mol. The van der Waals surface area contributed by atoms with Crippen molar-refractivity contribution in [2.45, 2.75) is 0 Å². The predicted octanol–water partition coefficient (Wildman–Crippen LogP) is -0.148. The van der Waals surface area contributed by atoms with Crippen LogP contribution < -0.4 is 5.56 Å². The first-order valence-electron chi connectivity index (χ1n) is 5.28. The van der Waals surface area contributed by atoms with Crippen LogP contribution in [0.1, 0.15) is 0 Å². The Hall–Kier alpha value is -2.77. The van der Waals surface area contributed by atoms with Crippen molar-refractivity contribution < 1.29 is 0 Å². The highest BCUT2D eigenvalue weighted by Crippen LogP contribution is 2.19. The van der Waals surface area contributed by atoms with Crippen molar-refractivity contribution in [2.75, 3.05) is 0 Å². The number of aromatic nitrogens is 7. The lowest BCUT2D eigenvalue weighted by atomic mass is 10.2. The maximum absolute atomic E-state index is 12.2. The van der Waals surface area contributed by atoms with Crippen LogP contribution in [0.2, 0.25) is 0 Å². The van der Waals surface area contributed by atoms with E-state index in [1.54, 1.807) is 17.8 Å². The highest BCUT2D eigenvalue weighted by molar-refractivity contribution is 6.01. The summed E-state index contributed by atoms with van der Waals surface area (Å²) >= 11 is 0. The molecule has 0 atom stereocenters. The second kappa shape index (κ2) is 2.92. The fourth-order valence-corrected chi connectivity index (χ4v) is 2.16. The van der Waals surface area contributed by atoms with Gasteiger partial charge in [-0.05, 0) is 0 Å². The fraction of sp³-hybridized carbons (Fsp3) is 0.100. The van der Waals surface area contributed by atoms with Crippen LogP contribution in [-0.2, 0) is 7.05 Å². The van der Waals surface area contributed by atoms with Gasteiger partial charge in [-0.2, -0.15) is 19.7 Å². The van der Waals surface area contributed by atoms with Crippen molar-refractivity contribution >= 4 is 27.7 Å². The average Bonchev–Trinajstić information content (AvgIpc) is 3.02. The number of nitrogens with one attached hydrogen (secondary N) is 1. The number of H-pyrrole nitrogens is 1. The molecule has 0 aliphatic heterocycles. The van der Waals surface area contributed by atoms with Crippen molar-refractivity contribution in [3.63, 3.8) is 0 Å². The summed E-state index contributed by atoms with van der Waals surface area (Å²) < 4.78 is 3.07. The third kappa shape index (κ3) is 0.926. The highest BCUT2D eigenvalue weighted by Gasteiger charge is 2.14. The van der Waals surface area contributed by atoms with Crippen LogP contribution in [0.5, 0.6) is 0 Å². The number of hydrogen-bond donors (Lipinski definition) is 1. The van der Waals surface area contributed by atoms with Crippen LogP contribution in [0.4, 0.5) is 0 Å². The smallest absolute Gasteiger partial charge is 0.264 e. The zero-order valence-corrected chi connectivity index (χ0v) is 9.32. The van der Waals surface area contributed by atoms with E-state index in [1.807, 2.05) is 0 Å². The van der Waals surface area contributed by atoms with Gasteiger partial charge in [0.1, 0.15) is 6.33 Å². The Bertz CT molecular complexity index is 961. The molecule has 4 heterocycles. The lowest BCUT2D eigenvalue weighted by molar-refractivity contribution is 0.841. The molecule has 1 N–H and O–H groups in total. The van der Waals surface area contributed by atoms with Crippen molar-refractivity contribution in [2.24, 2.45) is 7.05 Å². The van der Waals surface area contributed by atoms with Gasteiger partial charge in [0, 0.05) is 13.2 Å². The number of nitrogens with zero attached hydrogens (tertiary/aromatic N) is 6. The van der Waals surface area contributed by atoms with Crippen LogP contribution in [-0.4, -0.2) is 34.3 Å². The van der Waals surface area contributed by atoms with E-state index in [1.165, 1.54) is 17.1 Å². The van der Waals surface area contributed by atoms with E-state index in [9.17, 15) is 4.79 Å². The summed E-state index contributed by atoms with van der Waals surface area (Å²) in [6, 6.07) is 0.